The van der Waals surface area contributed by atoms with E-state index in [2.05, 4.69) is 0 Å². The average Bonchev–Trinajstić information content (AvgIpc) is 3.09. The predicted octanol–water partition coefficient (Wildman–Crippen LogP) is 2.46. The van der Waals surface area contributed by atoms with Gasteiger partial charge in [-0.05, 0) is 43.2 Å². The number of piperazine rings is 1. The SMILES string of the molecule is CCN(CC)C(=O)N1CCN(C(=O)[C@@H](C)c2ccsc2)CC1. The van der Waals surface area contributed by atoms with Crippen molar-refractivity contribution in [1.82, 2.24) is 14.7 Å². The zero-order valence-electron chi connectivity index (χ0n) is 13.6. The number of carbonyl (C=O) groups is 2. The highest BCUT2D eigenvalue weighted by molar-refractivity contribution is 7.08. The summed E-state index contributed by atoms with van der Waals surface area (Å²) >= 11 is 1.62. The Kier molecular flexibility index (Phi) is 5.83. The Morgan fingerprint density at radius 1 is 1.18 bits per heavy atom. The van der Waals surface area contributed by atoms with Crippen molar-refractivity contribution in [2.24, 2.45) is 0 Å². The van der Waals surface area contributed by atoms with Gasteiger partial charge in [-0.25, -0.2) is 4.79 Å². The van der Waals surface area contributed by atoms with Gasteiger partial charge in [-0.15, -0.1) is 0 Å². The molecule has 22 heavy (non-hydrogen) atoms. The van der Waals surface area contributed by atoms with E-state index in [1.165, 1.54) is 0 Å². The van der Waals surface area contributed by atoms with E-state index < -0.39 is 0 Å². The van der Waals surface area contributed by atoms with Gasteiger partial charge in [0.05, 0.1) is 5.92 Å². The highest BCUT2D eigenvalue weighted by Gasteiger charge is 2.28. The maximum atomic E-state index is 12.5. The molecule has 5 nitrogen and oxygen atoms in total. The maximum absolute atomic E-state index is 12.5. The molecular weight excluding hydrogens is 298 g/mol. The van der Waals surface area contributed by atoms with Crippen molar-refractivity contribution in [3.05, 3.63) is 22.4 Å². The van der Waals surface area contributed by atoms with E-state index in [1.807, 2.05) is 52.3 Å². The smallest absolute Gasteiger partial charge is 0.320 e. The lowest BCUT2D eigenvalue weighted by Crippen LogP contribution is -2.54. The number of nitrogens with zero attached hydrogens (tertiary/aromatic N) is 3. The Labute approximate surface area is 136 Å². The van der Waals surface area contributed by atoms with Crippen molar-refractivity contribution in [1.29, 1.82) is 0 Å². The molecule has 6 heteroatoms. The molecule has 1 fully saturated rings. The largest absolute Gasteiger partial charge is 0.339 e. The van der Waals surface area contributed by atoms with Gasteiger partial charge >= 0.3 is 6.03 Å². The van der Waals surface area contributed by atoms with Gasteiger partial charge in [0.2, 0.25) is 5.91 Å². The Hall–Kier alpha value is -1.56. The van der Waals surface area contributed by atoms with Crippen molar-refractivity contribution in [3.63, 3.8) is 0 Å². The zero-order valence-corrected chi connectivity index (χ0v) is 14.4. The number of urea groups is 1. The first-order valence-corrected chi connectivity index (χ1v) is 8.87. The summed E-state index contributed by atoms with van der Waals surface area (Å²) in [6.45, 7) is 9.88. The summed E-state index contributed by atoms with van der Waals surface area (Å²) in [6, 6.07) is 2.09. The summed E-state index contributed by atoms with van der Waals surface area (Å²) in [5.41, 5.74) is 1.08. The zero-order chi connectivity index (χ0) is 16.1. The van der Waals surface area contributed by atoms with Gasteiger partial charge in [-0.1, -0.05) is 0 Å². The molecule has 1 atom stereocenters. The number of hydrogen-bond donors (Lipinski definition) is 0. The minimum Gasteiger partial charge on any atom is -0.339 e. The average molecular weight is 323 g/mol. The first-order chi connectivity index (χ1) is 10.6. The molecule has 1 saturated heterocycles. The van der Waals surface area contributed by atoms with Crippen LogP contribution in [-0.2, 0) is 4.79 Å². The van der Waals surface area contributed by atoms with Gasteiger partial charge in [-0.2, -0.15) is 11.3 Å². The molecular formula is C16H25N3O2S. The molecule has 3 amide bonds. The van der Waals surface area contributed by atoms with Crippen molar-refractivity contribution >= 4 is 23.3 Å². The van der Waals surface area contributed by atoms with E-state index in [0.717, 1.165) is 18.7 Å². The molecule has 0 spiro atoms. The highest BCUT2D eigenvalue weighted by Crippen LogP contribution is 2.21. The van der Waals surface area contributed by atoms with Crippen LogP contribution in [0.15, 0.2) is 16.8 Å². The van der Waals surface area contributed by atoms with Gasteiger partial charge in [0.15, 0.2) is 0 Å². The lowest BCUT2D eigenvalue weighted by molar-refractivity contribution is -0.133. The van der Waals surface area contributed by atoms with E-state index in [-0.39, 0.29) is 17.9 Å². The fourth-order valence-corrected chi connectivity index (χ4v) is 3.50. The Morgan fingerprint density at radius 3 is 2.27 bits per heavy atom. The van der Waals surface area contributed by atoms with Crippen molar-refractivity contribution in [3.8, 4) is 0 Å². The van der Waals surface area contributed by atoms with Gasteiger partial charge in [0.1, 0.15) is 0 Å². The normalized spacial score (nSPS) is 16.5. The molecule has 0 radical (unpaired) electrons. The number of carbonyl (C=O) groups excluding carboxylic acids is 2. The Morgan fingerprint density at radius 2 is 1.77 bits per heavy atom. The van der Waals surface area contributed by atoms with E-state index >= 15 is 0 Å². The molecule has 0 saturated carbocycles. The third kappa shape index (κ3) is 3.61. The van der Waals surface area contributed by atoms with E-state index in [9.17, 15) is 9.59 Å². The van der Waals surface area contributed by atoms with Gasteiger partial charge in [0, 0.05) is 39.3 Å². The van der Waals surface area contributed by atoms with E-state index in [4.69, 9.17) is 0 Å². The number of rotatable bonds is 4. The predicted molar refractivity (Wildman–Crippen MR) is 89.2 cm³/mol. The van der Waals surface area contributed by atoms with Crippen molar-refractivity contribution in [2.45, 2.75) is 26.7 Å². The quantitative estimate of drug-likeness (QED) is 0.854. The summed E-state index contributed by atoms with van der Waals surface area (Å²) < 4.78 is 0. The molecule has 0 aromatic carbocycles. The third-order valence-electron chi connectivity index (χ3n) is 4.31. The molecule has 0 N–H and O–H groups in total. The lowest BCUT2D eigenvalue weighted by atomic mass is 10.0. The second-order valence-corrected chi connectivity index (χ2v) is 6.33. The maximum Gasteiger partial charge on any atom is 0.320 e. The van der Waals surface area contributed by atoms with Crippen LogP contribution in [0.25, 0.3) is 0 Å². The number of hydrogen-bond acceptors (Lipinski definition) is 3. The van der Waals surface area contributed by atoms with Crippen molar-refractivity contribution < 1.29 is 9.59 Å². The molecule has 0 bridgehead atoms. The molecule has 1 aromatic rings. The van der Waals surface area contributed by atoms with Gasteiger partial charge in [0.25, 0.3) is 0 Å². The highest BCUT2D eigenvalue weighted by atomic mass is 32.1. The molecule has 122 valence electrons. The molecule has 1 aromatic heterocycles. The first-order valence-electron chi connectivity index (χ1n) is 7.93. The molecule has 2 heterocycles. The summed E-state index contributed by atoms with van der Waals surface area (Å²) in [4.78, 5) is 30.4. The van der Waals surface area contributed by atoms with Crippen LogP contribution in [0.1, 0.15) is 32.3 Å². The van der Waals surface area contributed by atoms with Crippen LogP contribution in [0, 0.1) is 0 Å². The summed E-state index contributed by atoms with van der Waals surface area (Å²) in [6.07, 6.45) is 0. The monoisotopic (exact) mass is 323 g/mol. The van der Waals surface area contributed by atoms with Gasteiger partial charge < -0.3 is 14.7 Å². The lowest BCUT2D eigenvalue weighted by Gasteiger charge is -2.38. The van der Waals surface area contributed by atoms with E-state index in [0.29, 0.717) is 26.2 Å². The van der Waals surface area contributed by atoms with Crippen LogP contribution >= 0.6 is 11.3 Å². The second kappa shape index (κ2) is 7.63. The topological polar surface area (TPSA) is 43.9 Å². The van der Waals surface area contributed by atoms with Crippen LogP contribution in [0.4, 0.5) is 4.79 Å². The third-order valence-corrected chi connectivity index (χ3v) is 5.01. The molecule has 1 aliphatic rings. The molecule has 0 aliphatic carbocycles. The summed E-state index contributed by atoms with van der Waals surface area (Å²) in [5.74, 6) is 0.0598. The molecule has 0 unspecified atom stereocenters. The fraction of sp³-hybridized carbons (Fsp3) is 0.625. The summed E-state index contributed by atoms with van der Waals surface area (Å²) in [5, 5.41) is 4.03. The minimum absolute atomic E-state index is 0.0861. The van der Waals surface area contributed by atoms with Gasteiger partial charge in [-0.3, -0.25) is 4.79 Å². The Bertz CT molecular complexity index is 491. The first kappa shape index (κ1) is 16.8. The summed E-state index contributed by atoms with van der Waals surface area (Å²) in [7, 11) is 0. The van der Waals surface area contributed by atoms with Crippen LogP contribution in [0.5, 0.6) is 0 Å². The minimum atomic E-state index is -0.101. The number of amides is 3. The van der Waals surface area contributed by atoms with E-state index in [1.54, 1.807) is 11.3 Å². The Balaban J connectivity index is 1.89. The van der Waals surface area contributed by atoms with Crippen LogP contribution < -0.4 is 0 Å². The van der Waals surface area contributed by atoms with Crippen LogP contribution in [-0.4, -0.2) is 65.9 Å². The second-order valence-electron chi connectivity index (χ2n) is 5.55. The van der Waals surface area contributed by atoms with Crippen molar-refractivity contribution in [2.75, 3.05) is 39.3 Å². The van der Waals surface area contributed by atoms with Crippen LogP contribution in [0.3, 0.4) is 0 Å². The molecule has 2 rings (SSSR count). The molecule has 1 aliphatic heterocycles. The fourth-order valence-electron chi connectivity index (χ4n) is 2.75. The van der Waals surface area contributed by atoms with Crippen LogP contribution in [0.2, 0.25) is 0 Å². The number of thiophene rings is 1. The standard InChI is InChI=1S/C16H25N3O2S/c1-4-17(5-2)16(21)19-9-7-18(8-10-19)15(20)13(3)14-6-11-22-12-14/h6,11-13H,4-5,7-10H2,1-3H3/t13-/m0/s1.